The molecule has 0 atom stereocenters. The minimum Gasteiger partial charge on any atom is -0.468 e. The van der Waals surface area contributed by atoms with E-state index in [9.17, 15) is 9.59 Å². The highest BCUT2D eigenvalue weighted by molar-refractivity contribution is 6.06. The number of amides is 1. The van der Waals surface area contributed by atoms with E-state index in [2.05, 4.69) is 20.3 Å². The van der Waals surface area contributed by atoms with E-state index in [4.69, 9.17) is 4.42 Å². The van der Waals surface area contributed by atoms with Crippen molar-refractivity contribution in [3.8, 4) is 0 Å². The number of aromatic amines is 1. The van der Waals surface area contributed by atoms with Gasteiger partial charge in [0, 0.05) is 35.4 Å². The summed E-state index contributed by atoms with van der Waals surface area (Å²) in [5.74, 6) is 0.766. The van der Waals surface area contributed by atoms with Gasteiger partial charge in [0.1, 0.15) is 17.8 Å². The molecule has 1 aliphatic rings. The molecule has 5 rings (SSSR count). The smallest absolute Gasteiger partial charge is 0.291 e. The van der Waals surface area contributed by atoms with E-state index in [-0.39, 0.29) is 18.0 Å². The zero-order valence-electron chi connectivity index (χ0n) is 18.6. The Balaban J connectivity index is 1.16. The van der Waals surface area contributed by atoms with Crippen LogP contribution in [0, 0.1) is 0 Å². The van der Waals surface area contributed by atoms with Crippen LogP contribution in [0.2, 0.25) is 0 Å². The van der Waals surface area contributed by atoms with E-state index in [1.165, 1.54) is 30.4 Å². The number of nitrogens with one attached hydrogen (secondary N) is 2. The second kappa shape index (κ2) is 9.62. The zero-order valence-corrected chi connectivity index (χ0v) is 18.6. The van der Waals surface area contributed by atoms with Gasteiger partial charge in [0.05, 0.1) is 19.0 Å². The Morgan fingerprint density at radius 3 is 2.85 bits per heavy atom. The molecule has 2 N–H and O–H groups in total. The van der Waals surface area contributed by atoms with Crippen LogP contribution in [-0.4, -0.2) is 44.7 Å². The number of hydrogen-bond acceptors (Lipinski definition) is 5. The van der Waals surface area contributed by atoms with Crippen molar-refractivity contribution < 1.29 is 9.21 Å². The molecule has 0 bridgehead atoms. The van der Waals surface area contributed by atoms with Crippen LogP contribution in [-0.2, 0) is 17.9 Å². The zero-order chi connectivity index (χ0) is 22.6. The van der Waals surface area contributed by atoms with Crippen molar-refractivity contribution in [1.82, 2.24) is 25.0 Å². The van der Waals surface area contributed by atoms with Crippen LogP contribution < -0.4 is 10.9 Å². The van der Waals surface area contributed by atoms with Crippen molar-refractivity contribution in [3.63, 3.8) is 0 Å². The lowest BCUT2D eigenvalue weighted by Crippen LogP contribution is -2.37. The number of benzene rings is 1. The number of H-pyrrole nitrogens is 1. The third-order valence-electron chi connectivity index (χ3n) is 6.54. The number of para-hydroxylation sites is 1. The highest BCUT2D eigenvalue weighted by atomic mass is 16.3. The number of carbonyl (C=O) groups excluding carboxylic acids is 1. The largest absolute Gasteiger partial charge is 0.468 e. The normalized spacial score (nSPS) is 14.6. The maximum Gasteiger partial charge on any atom is 0.291 e. The van der Waals surface area contributed by atoms with Gasteiger partial charge in [-0.2, -0.15) is 5.10 Å². The molecule has 1 fully saturated rings. The summed E-state index contributed by atoms with van der Waals surface area (Å²) in [6.07, 6.45) is 9.20. The average molecular weight is 448 g/mol. The fourth-order valence-electron chi connectivity index (χ4n) is 4.85. The van der Waals surface area contributed by atoms with Crippen LogP contribution in [0.5, 0.6) is 0 Å². The van der Waals surface area contributed by atoms with Gasteiger partial charge in [-0.1, -0.05) is 31.0 Å². The Morgan fingerprint density at radius 2 is 2.03 bits per heavy atom. The predicted octanol–water partition coefficient (Wildman–Crippen LogP) is 3.42. The van der Waals surface area contributed by atoms with E-state index < -0.39 is 0 Å². The summed E-state index contributed by atoms with van der Waals surface area (Å²) in [6, 6.07) is 12.2. The van der Waals surface area contributed by atoms with Gasteiger partial charge < -0.3 is 14.7 Å². The van der Waals surface area contributed by atoms with Crippen molar-refractivity contribution in [2.24, 2.45) is 0 Å². The first-order valence-corrected chi connectivity index (χ1v) is 11.7. The van der Waals surface area contributed by atoms with Gasteiger partial charge in [0.25, 0.3) is 5.56 Å². The maximum absolute atomic E-state index is 12.8. The van der Waals surface area contributed by atoms with Crippen LogP contribution in [0.1, 0.15) is 37.9 Å². The molecular formula is C25H29N5O3. The Hall–Kier alpha value is -3.39. The molecule has 0 saturated heterocycles. The molecule has 0 aliphatic heterocycles. The Morgan fingerprint density at radius 1 is 1.18 bits per heavy atom. The van der Waals surface area contributed by atoms with Gasteiger partial charge in [-0.05, 0) is 37.5 Å². The molecule has 0 radical (unpaired) electrons. The van der Waals surface area contributed by atoms with Gasteiger partial charge in [0.15, 0.2) is 0 Å². The summed E-state index contributed by atoms with van der Waals surface area (Å²) in [7, 11) is 0. The van der Waals surface area contributed by atoms with Crippen molar-refractivity contribution in [3.05, 3.63) is 65.0 Å². The maximum atomic E-state index is 12.8. The van der Waals surface area contributed by atoms with Crippen LogP contribution >= 0.6 is 0 Å². The van der Waals surface area contributed by atoms with Crippen LogP contribution in [0.15, 0.2) is 58.1 Å². The van der Waals surface area contributed by atoms with E-state index >= 15 is 0 Å². The minimum absolute atomic E-state index is 0.0944. The summed E-state index contributed by atoms with van der Waals surface area (Å²) in [5.41, 5.74) is 1.07. The van der Waals surface area contributed by atoms with E-state index in [1.54, 1.807) is 12.5 Å². The first-order valence-electron chi connectivity index (χ1n) is 11.7. The third-order valence-corrected chi connectivity index (χ3v) is 6.54. The number of aromatic nitrogens is 3. The molecule has 0 unspecified atom stereocenters. The summed E-state index contributed by atoms with van der Waals surface area (Å²) >= 11 is 0. The minimum atomic E-state index is -0.287. The van der Waals surface area contributed by atoms with Crippen molar-refractivity contribution >= 4 is 27.7 Å². The number of furan rings is 1. The molecule has 1 aliphatic carbocycles. The van der Waals surface area contributed by atoms with Gasteiger partial charge >= 0.3 is 0 Å². The molecule has 33 heavy (non-hydrogen) atoms. The van der Waals surface area contributed by atoms with Gasteiger partial charge in [-0.25, -0.2) is 4.68 Å². The number of fused-ring (bicyclic) bond motifs is 3. The molecule has 3 aromatic heterocycles. The molecule has 1 amide bonds. The monoisotopic (exact) mass is 447 g/mol. The molecule has 3 heterocycles. The predicted molar refractivity (Wildman–Crippen MR) is 127 cm³/mol. The SMILES string of the molecule is O=C(Cn1ncc2c([nH]c3ccccc32)c1=O)NCCCN(Cc1ccco1)C1CCCC1. The Bertz CT molecular complexity index is 1280. The highest BCUT2D eigenvalue weighted by Gasteiger charge is 2.23. The lowest BCUT2D eigenvalue weighted by molar-refractivity contribution is -0.121. The highest BCUT2D eigenvalue weighted by Crippen LogP contribution is 2.25. The van der Waals surface area contributed by atoms with Crippen molar-refractivity contribution in [1.29, 1.82) is 0 Å². The van der Waals surface area contributed by atoms with Crippen LogP contribution in [0.25, 0.3) is 21.8 Å². The van der Waals surface area contributed by atoms with E-state index in [0.29, 0.717) is 18.1 Å². The van der Waals surface area contributed by atoms with E-state index in [1.807, 2.05) is 36.4 Å². The molecule has 8 nitrogen and oxygen atoms in total. The Kier molecular flexibility index (Phi) is 6.26. The molecular weight excluding hydrogens is 418 g/mol. The van der Waals surface area contributed by atoms with Crippen LogP contribution in [0.3, 0.4) is 0 Å². The summed E-state index contributed by atoms with van der Waals surface area (Å²) < 4.78 is 6.76. The number of rotatable bonds is 9. The van der Waals surface area contributed by atoms with Gasteiger partial charge in [-0.3, -0.25) is 14.5 Å². The second-order valence-electron chi connectivity index (χ2n) is 8.76. The fraction of sp³-hybridized carbons (Fsp3) is 0.400. The second-order valence-corrected chi connectivity index (χ2v) is 8.76. The van der Waals surface area contributed by atoms with E-state index in [0.717, 1.165) is 41.6 Å². The lowest BCUT2D eigenvalue weighted by Gasteiger charge is -2.28. The standard InChI is InChI=1S/C25H29N5O3/c31-23(17-30-25(32)24-21(15-27-30)20-10-3-4-11-22(20)28-24)26-12-6-13-29(18-7-1-2-8-18)16-19-9-5-14-33-19/h3-5,9-11,14-15,18,28H,1-2,6-8,12-13,16-17H2,(H,26,31). The van der Waals surface area contributed by atoms with Gasteiger partial charge in [-0.15, -0.1) is 0 Å². The number of hydrogen-bond donors (Lipinski definition) is 2. The summed E-state index contributed by atoms with van der Waals surface area (Å²) in [4.78, 5) is 30.9. The van der Waals surface area contributed by atoms with Crippen molar-refractivity contribution in [2.75, 3.05) is 13.1 Å². The first kappa shape index (κ1) is 21.5. The number of nitrogens with zero attached hydrogens (tertiary/aromatic N) is 3. The summed E-state index contributed by atoms with van der Waals surface area (Å²) in [6.45, 7) is 2.16. The van der Waals surface area contributed by atoms with Gasteiger partial charge in [0.2, 0.25) is 5.91 Å². The molecule has 1 saturated carbocycles. The quantitative estimate of drug-likeness (QED) is 0.383. The lowest BCUT2D eigenvalue weighted by atomic mass is 10.2. The fourth-order valence-corrected chi connectivity index (χ4v) is 4.85. The summed E-state index contributed by atoms with van der Waals surface area (Å²) in [5, 5.41) is 8.89. The van der Waals surface area contributed by atoms with Crippen molar-refractivity contribution in [2.45, 2.75) is 51.2 Å². The third kappa shape index (κ3) is 4.71. The van der Waals surface area contributed by atoms with Crippen LogP contribution in [0.4, 0.5) is 0 Å². The molecule has 4 aromatic rings. The number of carbonyl (C=O) groups is 1. The molecule has 8 heteroatoms. The first-order chi connectivity index (χ1) is 16.2. The topological polar surface area (TPSA) is 96.2 Å². The molecule has 1 aromatic carbocycles. The molecule has 172 valence electrons. The average Bonchev–Trinajstić information content (AvgIpc) is 3.59. The molecule has 0 spiro atoms. The Labute approximate surface area is 191 Å².